The molecule has 0 atom stereocenters. The van der Waals surface area contributed by atoms with Crippen molar-refractivity contribution in [1.29, 1.82) is 0 Å². The Bertz CT molecular complexity index is 4450. The lowest BCUT2D eigenvalue weighted by molar-refractivity contribution is 0.483. The molecule has 374 valence electrons. The number of ether oxygens (including phenoxy) is 2. The maximum absolute atomic E-state index is 6.77. The third kappa shape index (κ3) is 7.30. The van der Waals surface area contributed by atoms with Gasteiger partial charge in [-0.2, -0.15) is 0 Å². The summed E-state index contributed by atoms with van der Waals surface area (Å²) in [7, 11) is -5.42. The highest BCUT2D eigenvalue weighted by atomic mass is 127. The zero-order valence-corrected chi connectivity index (χ0v) is 47.0. The van der Waals surface area contributed by atoms with Crippen molar-refractivity contribution in [3.63, 3.8) is 0 Å². The number of fused-ring (bicyclic) bond motifs is 10. The van der Waals surface area contributed by atoms with Crippen LogP contribution in [0.3, 0.4) is 0 Å². The van der Waals surface area contributed by atoms with Gasteiger partial charge in [0, 0.05) is 38.1 Å². The minimum absolute atomic E-state index is 0.942. The highest BCUT2D eigenvalue weighted by Gasteiger charge is 2.50. The van der Waals surface area contributed by atoms with E-state index < -0.39 is 16.1 Å². The fourth-order valence-electron chi connectivity index (χ4n) is 13.1. The molecule has 0 radical (unpaired) electrons. The average Bonchev–Trinajstić information content (AvgIpc) is 3.79. The minimum Gasteiger partial charge on any atom is -0.458 e. The molecule has 0 saturated heterocycles. The molecule has 0 unspecified atom stereocenters. The van der Waals surface area contributed by atoms with Crippen LogP contribution in [0.4, 0.5) is 0 Å². The smallest absolute Gasteiger partial charge is 0.188 e. The summed E-state index contributed by atoms with van der Waals surface area (Å²) in [5.41, 5.74) is 7.15. The summed E-state index contributed by atoms with van der Waals surface area (Å²) in [4.78, 5) is 0. The first-order valence-electron chi connectivity index (χ1n) is 26.8. The maximum atomic E-state index is 6.77. The molecule has 2 aromatic heterocycles. The Morgan fingerprint density at radius 2 is 0.595 bits per heavy atom. The normalized spacial score (nSPS) is 13.5. The van der Waals surface area contributed by atoms with Crippen LogP contribution in [-0.2, 0) is 0 Å². The Morgan fingerprint density at radius 3 is 1.04 bits per heavy atom. The molecule has 16 rings (SSSR count). The third-order valence-corrected chi connectivity index (χ3v) is 26.7. The average molecular weight is 1160 g/mol. The molecule has 0 saturated carbocycles. The van der Waals surface area contributed by atoms with Crippen LogP contribution in [0.25, 0.3) is 55.0 Å². The summed E-state index contributed by atoms with van der Waals surface area (Å²) in [6, 6.07) is 108. The molecule has 0 aliphatic carbocycles. The number of para-hydroxylation sites is 6. The van der Waals surface area contributed by atoms with Gasteiger partial charge in [-0.25, -0.2) is 0 Å². The first-order chi connectivity index (χ1) is 39.1. The molecule has 4 nitrogen and oxygen atoms in total. The van der Waals surface area contributed by atoms with Gasteiger partial charge in [-0.1, -0.05) is 231 Å². The molecule has 2 aliphatic rings. The lowest BCUT2D eigenvalue weighted by atomic mass is 10.2. The van der Waals surface area contributed by atoms with E-state index >= 15 is 0 Å². The third-order valence-electron chi connectivity index (χ3n) is 16.3. The van der Waals surface area contributed by atoms with E-state index in [0.717, 1.165) is 37.9 Å². The van der Waals surface area contributed by atoms with Gasteiger partial charge >= 0.3 is 0 Å². The number of halogens is 1. The molecule has 79 heavy (non-hydrogen) atoms. The number of nitrogens with zero attached hydrogens (tertiary/aromatic N) is 2. The second-order valence-corrected chi connectivity index (χ2v) is 29.0. The summed E-state index contributed by atoms with van der Waals surface area (Å²) in [5, 5.41) is 15.6. The number of aromatic nitrogens is 2. The summed E-state index contributed by atoms with van der Waals surface area (Å²) >= 11 is 2.48. The molecule has 0 bridgehead atoms. The van der Waals surface area contributed by atoms with Crippen LogP contribution in [0.2, 0.25) is 0 Å². The minimum atomic E-state index is -2.73. The first kappa shape index (κ1) is 47.2. The molecule has 0 spiro atoms. The summed E-state index contributed by atoms with van der Waals surface area (Å²) in [5.74, 6) is 3.83. The topological polar surface area (TPSA) is 28.3 Å². The predicted octanol–water partition coefficient (Wildman–Crippen LogP) is 13.1. The Morgan fingerprint density at radius 1 is 0.266 bits per heavy atom. The Kier molecular flexibility index (Phi) is 11.5. The maximum Gasteiger partial charge on any atom is 0.188 e. The van der Waals surface area contributed by atoms with Crippen LogP contribution >= 0.6 is 22.6 Å². The Balaban J connectivity index is 0.000000137. The zero-order chi connectivity index (χ0) is 52.5. The number of hydrogen-bond acceptors (Lipinski definition) is 2. The van der Waals surface area contributed by atoms with E-state index in [1.54, 1.807) is 0 Å². The summed E-state index contributed by atoms with van der Waals surface area (Å²) < 4.78 is 19.4. The van der Waals surface area contributed by atoms with Crippen molar-refractivity contribution in [3.8, 4) is 34.4 Å². The van der Waals surface area contributed by atoms with Crippen LogP contribution in [0.1, 0.15) is 0 Å². The second-order valence-electron chi connectivity index (χ2n) is 20.4. The van der Waals surface area contributed by atoms with Crippen LogP contribution in [-0.4, -0.2) is 25.3 Å². The second kappa shape index (κ2) is 19.2. The van der Waals surface area contributed by atoms with Gasteiger partial charge in [0.1, 0.15) is 23.0 Å². The van der Waals surface area contributed by atoms with Gasteiger partial charge in [-0.05, 0) is 126 Å². The van der Waals surface area contributed by atoms with Gasteiger partial charge in [-0.15, -0.1) is 0 Å². The van der Waals surface area contributed by atoms with E-state index in [1.165, 1.54) is 85.1 Å². The van der Waals surface area contributed by atoms with Gasteiger partial charge in [0.25, 0.3) is 0 Å². The van der Waals surface area contributed by atoms with Gasteiger partial charge in [-0.3, -0.25) is 0 Å². The summed E-state index contributed by atoms with van der Waals surface area (Å²) in [6.07, 6.45) is 0. The van der Waals surface area contributed by atoms with Crippen molar-refractivity contribution in [3.05, 3.63) is 301 Å². The predicted molar refractivity (Wildman–Crippen MR) is 342 cm³/mol. The van der Waals surface area contributed by atoms with E-state index in [0.29, 0.717) is 0 Å². The largest absolute Gasteiger partial charge is 0.458 e. The quantitative estimate of drug-likeness (QED) is 0.123. The number of rotatable bonds is 6. The molecule has 0 fully saturated rings. The monoisotopic (exact) mass is 1160 g/mol. The zero-order valence-electron chi connectivity index (χ0n) is 42.9. The molecule has 2 aliphatic heterocycles. The SMILES string of the molecule is Ic1cc(-n2c3ccccc3c3ccccc32)cc2c1Oc1ccccc1[Si]2(c1ccccc1)c1ccccc1.c1ccc([Si]2(c3ccccc3)c3ccccc3Oc3ccc(-n4c5ccccc5c5ccccc54)cc32)cc1. The van der Waals surface area contributed by atoms with Crippen molar-refractivity contribution in [1.82, 2.24) is 9.13 Å². The van der Waals surface area contributed by atoms with Crippen LogP contribution < -0.4 is 51.0 Å². The molecule has 0 amide bonds. The van der Waals surface area contributed by atoms with Crippen LogP contribution in [0.5, 0.6) is 23.0 Å². The molecule has 14 aromatic rings. The lowest BCUT2D eigenvalue weighted by Gasteiger charge is -2.40. The van der Waals surface area contributed by atoms with Crippen molar-refractivity contribution >= 4 is 124 Å². The Hall–Kier alpha value is -9.00. The number of hydrogen-bond donors (Lipinski definition) is 0. The van der Waals surface area contributed by atoms with Crippen LogP contribution in [0.15, 0.2) is 297 Å². The Labute approximate surface area is 474 Å². The van der Waals surface area contributed by atoms with Gasteiger partial charge in [0.2, 0.25) is 0 Å². The van der Waals surface area contributed by atoms with E-state index in [-0.39, 0.29) is 0 Å². The fourth-order valence-corrected chi connectivity index (χ4v) is 24.0. The van der Waals surface area contributed by atoms with Crippen molar-refractivity contribution in [2.45, 2.75) is 0 Å². The summed E-state index contributed by atoms with van der Waals surface area (Å²) in [6.45, 7) is 0. The lowest BCUT2D eigenvalue weighted by Crippen LogP contribution is -2.76. The van der Waals surface area contributed by atoms with Gasteiger partial charge in [0.15, 0.2) is 16.1 Å². The molecule has 12 aromatic carbocycles. The standard InChI is InChI=1S/C36H24INOSi.C36H25NOSi/c37-30-23-25(38-31-19-9-7-17-28(31)29-18-8-10-20-32(29)38)24-35-36(30)39-33-21-11-12-22-34(33)40(35,26-13-3-1-4-14-26)27-15-5-2-6-16-27;1-3-13-27(14-4-1)39(28-15-5-2-6-16-28)35-22-12-11-21-33(35)38-34-24-23-26(25-36(34)39)37-31-19-9-7-17-29(31)30-18-8-10-20-32(30)37/h1-24H;1-25H. The van der Waals surface area contributed by atoms with Gasteiger partial charge < -0.3 is 18.6 Å². The molecular formula is C72H49IN2O2Si2. The first-order valence-corrected chi connectivity index (χ1v) is 31.9. The molecule has 4 heterocycles. The van der Waals surface area contributed by atoms with Crippen molar-refractivity contribution in [2.75, 3.05) is 0 Å². The fraction of sp³-hybridized carbons (Fsp3) is 0. The number of benzene rings is 12. The van der Waals surface area contributed by atoms with Crippen molar-refractivity contribution in [2.24, 2.45) is 0 Å². The molecular weight excluding hydrogens is 1110 g/mol. The van der Waals surface area contributed by atoms with Gasteiger partial charge in [0.05, 0.1) is 25.6 Å². The van der Waals surface area contributed by atoms with Crippen LogP contribution in [0, 0.1) is 3.57 Å². The molecule has 7 heteroatoms. The van der Waals surface area contributed by atoms with Crippen molar-refractivity contribution < 1.29 is 9.47 Å². The highest BCUT2D eigenvalue weighted by molar-refractivity contribution is 14.1. The van der Waals surface area contributed by atoms with E-state index in [9.17, 15) is 0 Å². The highest BCUT2D eigenvalue weighted by Crippen LogP contribution is 2.39. The van der Waals surface area contributed by atoms with E-state index in [2.05, 4.69) is 329 Å². The van der Waals surface area contributed by atoms with E-state index in [1.807, 2.05) is 0 Å². The molecule has 0 N–H and O–H groups in total. The van der Waals surface area contributed by atoms with E-state index in [4.69, 9.17) is 9.47 Å².